The van der Waals surface area contributed by atoms with Gasteiger partial charge in [-0.1, -0.05) is 194 Å². The van der Waals surface area contributed by atoms with Crippen LogP contribution < -0.4 is 18.9 Å². The highest BCUT2D eigenvalue weighted by Gasteiger charge is 2.52. The van der Waals surface area contributed by atoms with Crippen LogP contribution in [0.1, 0.15) is 22.3 Å². The highest BCUT2D eigenvalue weighted by Crippen LogP contribution is 2.64. The van der Waals surface area contributed by atoms with Gasteiger partial charge in [0.1, 0.15) is 23.0 Å². The quantitative estimate of drug-likeness (QED) is 0.122. The van der Waals surface area contributed by atoms with Crippen LogP contribution in [0.25, 0.3) is 111 Å². The number of rotatable bonds is 12. The lowest BCUT2D eigenvalue weighted by Gasteiger charge is -2.32. The summed E-state index contributed by atoms with van der Waals surface area (Å²) in [6, 6.07) is 97.9. The van der Waals surface area contributed by atoms with E-state index in [2.05, 4.69) is 218 Å². The first-order valence-electron chi connectivity index (χ1n) is 27.5. The molecule has 0 saturated heterocycles. The van der Waals surface area contributed by atoms with E-state index in [1.807, 2.05) is 48.5 Å². The van der Waals surface area contributed by atoms with Gasteiger partial charge in [-0.05, 0) is 206 Å². The molecule has 0 fully saturated rings. The Kier molecular flexibility index (Phi) is 12.3. The van der Waals surface area contributed by atoms with E-state index in [-0.39, 0.29) is 0 Å². The second-order valence-corrected chi connectivity index (χ2v) is 21.0. The molecule has 0 radical (unpaired) electrons. The zero-order valence-corrected chi connectivity index (χ0v) is 45.5. The Bertz CT molecular complexity index is 3720. The van der Waals surface area contributed by atoms with Crippen LogP contribution in [0.2, 0.25) is 0 Å². The van der Waals surface area contributed by atoms with Crippen molar-refractivity contribution in [3.8, 4) is 134 Å². The topological polar surface area (TPSA) is 36.9 Å². The van der Waals surface area contributed by atoms with E-state index in [4.69, 9.17) is 18.9 Å². The third-order valence-corrected chi connectivity index (χ3v) is 16.8. The lowest BCUT2D eigenvalue weighted by Crippen LogP contribution is -2.26. The van der Waals surface area contributed by atoms with E-state index in [0.717, 1.165) is 89.8 Å². The maximum absolute atomic E-state index is 5.48. The standard InChI is InChI=1S/C77H56O4/c1-78-65-33-21-53(22-34-65)49-5-13-57(14-6-49)61-29-41-69-70-42-30-62(58-15-7-50(8-16-58)54-23-35-66(79-2)36-24-54)46-74(70)77(73(69)45-61)75-47-63(59-17-9-51(10-18-59)55-25-37-67(80-3)38-26-55)31-43-71(75)72-44-32-64(48-76(72)77)60-19-11-52(12-20-60)56-27-39-68(81-4)40-28-56/h5-48H,1-4H3. The molecule has 14 rings (SSSR count). The highest BCUT2D eigenvalue weighted by atomic mass is 16.5. The van der Waals surface area contributed by atoms with E-state index in [0.29, 0.717) is 0 Å². The molecule has 0 aromatic heterocycles. The van der Waals surface area contributed by atoms with Gasteiger partial charge in [0, 0.05) is 0 Å². The molecule has 81 heavy (non-hydrogen) atoms. The largest absolute Gasteiger partial charge is 0.497 e. The van der Waals surface area contributed by atoms with Gasteiger partial charge in [0.25, 0.3) is 0 Å². The summed E-state index contributed by atoms with van der Waals surface area (Å²) in [6.07, 6.45) is 0. The number of hydrogen-bond acceptors (Lipinski definition) is 4. The first-order chi connectivity index (χ1) is 39.9. The van der Waals surface area contributed by atoms with E-state index >= 15 is 0 Å². The van der Waals surface area contributed by atoms with Gasteiger partial charge < -0.3 is 18.9 Å². The molecule has 0 unspecified atom stereocenters. The Hall–Kier alpha value is -10.2. The summed E-state index contributed by atoms with van der Waals surface area (Å²) in [7, 11) is 6.82. The van der Waals surface area contributed by atoms with Gasteiger partial charge in [-0.3, -0.25) is 0 Å². The number of hydrogen-bond donors (Lipinski definition) is 0. The zero-order chi connectivity index (χ0) is 54.6. The Labute approximate surface area is 473 Å². The summed E-state index contributed by atoms with van der Waals surface area (Å²) >= 11 is 0. The van der Waals surface area contributed by atoms with Gasteiger partial charge in [0.2, 0.25) is 0 Å². The Balaban J connectivity index is 0.956. The molecule has 0 aliphatic heterocycles. The molecule has 12 aromatic carbocycles. The summed E-state index contributed by atoms with van der Waals surface area (Å²) < 4.78 is 21.9. The van der Waals surface area contributed by atoms with Crippen LogP contribution in [0.4, 0.5) is 0 Å². The van der Waals surface area contributed by atoms with Crippen molar-refractivity contribution in [1.82, 2.24) is 0 Å². The van der Waals surface area contributed by atoms with E-state index in [1.165, 1.54) is 66.8 Å². The smallest absolute Gasteiger partial charge is 0.118 e. The average Bonchev–Trinajstić information content (AvgIpc) is 4.12. The molecule has 2 aliphatic carbocycles. The van der Waals surface area contributed by atoms with Crippen molar-refractivity contribution < 1.29 is 18.9 Å². The number of benzene rings is 12. The van der Waals surface area contributed by atoms with Crippen molar-refractivity contribution >= 4 is 0 Å². The molecular weight excluding hydrogens is 989 g/mol. The van der Waals surface area contributed by atoms with E-state index in [9.17, 15) is 0 Å². The fourth-order valence-electron chi connectivity index (χ4n) is 12.5. The molecule has 0 saturated carbocycles. The SMILES string of the molecule is COc1ccc(-c2ccc(-c3ccc4c(c3)C3(c5cc(-c6ccc(-c7ccc(OC)cc7)cc6)ccc5-4)c4cc(-c5ccc(-c6ccc(OC)cc6)cc5)ccc4-c4ccc(-c5ccc(-c6ccc(OC)cc6)cc5)cc43)cc2)cc1. The van der Waals surface area contributed by atoms with E-state index < -0.39 is 5.41 Å². The summed E-state index contributed by atoms with van der Waals surface area (Å²) in [6.45, 7) is 0. The van der Waals surface area contributed by atoms with Gasteiger partial charge in [-0.15, -0.1) is 0 Å². The maximum Gasteiger partial charge on any atom is 0.118 e. The van der Waals surface area contributed by atoms with Crippen LogP contribution in [-0.4, -0.2) is 28.4 Å². The fraction of sp³-hybridized carbons (Fsp3) is 0.0649. The van der Waals surface area contributed by atoms with Crippen molar-refractivity contribution in [2.45, 2.75) is 5.41 Å². The molecule has 0 heterocycles. The third kappa shape index (κ3) is 8.55. The normalized spacial score (nSPS) is 12.3. The summed E-state index contributed by atoms with van der Waals surface area (Å²) in [5.74, 6) is 3.38. The average molecular weight is 1050 g/mol. The van der Waals surface area contributed by atoms with Crippen LogP contribution in [0.5, 0.6) is 23.0 Å². The van der Waals surface area contributed by atoms with E-state index in [1.54, 1.807) is 28.4 Å². The van der Waals surface area contributed by atoms with Crippen molar-refractivity contribution in [2.24, 2.45) is 0 Å². The van der Waals surface area contributed by atoms with Gasteiger partial charge in [0.05, 0.1) is 33.9 Å². The Morgan fingerprint density at radius 2 is 0.309 bits per heavy atom. The minimum atomic E-state index is -0.689. The molecule has 0 bridgehead atoms. The van der Waals surface area contributed by atoms with Gasteiger partial charge >= 0.3 is 0 Å². The predicted octanol–water partition coefficient (Wildman–Crippen LogP) is 19.4. The number of methoxy groups -OCH3 is 4. The molecular formula is C77H56O4. The Morgan fingerprint density at radius 3 is 0.469 bits per heavy atom. The minimum absolute atomic E-state index is 0.689. The number of ether oxygens (including phenoxy) is 4. The van der Waals surface area contributed by atoms with Gasteiger partial charge in [-0.2, -0.15) is 0 Å². The maximum atomic E-state index is 5.48. The highest BCUT2D eigenvalue weighted by molar-refractivity contribution is 5.99. The second-order valence-electron chi connectivity index (χ2n) is 21.0. The number of fused-ring (bicyclic) bond motifs is 10. The fourth-order valence-corrected chi connectivity index (χ4v) is 12.5. The van der Waals surface area contributed by atoms with Crippen LogP contribution in [-0.2, 0) is 5.41 Å². The predicted molar refractivity (Wildman–Crippen MR) is 332 cm³/mol. The summed E-state index contributed by atoms with van der Waals surface area (Å²) in [4.78, 5) is 0. The van der Waals surface area contributed by atoms with Crippen molar-refractivity contribution in [3.63, 3.8) is 0 Å². The van der Waals surface area contributed by atoms with Crippen molar-refractivity contribution in [3.05, 3.63) is 289 Å². The monoisotopic (exact) mass is 1040 g/mol. The molecule has 0 amide bonds. The molecule has 388 valence electrons. The molecule has 0 N–H and O–H groups in total. The lowest BCUT2D eigenvalue weighted by atomic mass is 9.69. The molecule has 2 aliphatic rings. The molecule has 0 atom stereocenters. The summed E-state index contributed by atoms with van der Waals surface area (Å²) in [5.41, 5.74) is 27.9. The Morgan fingerprint density at radius 1 is 0.173 bits per heavy atom. The van der Waals surface area contributed by atoms with Crippen molar-refractivity contribution in [2.75, 3.05) is 28.4 Å². The summed E-state index contributed by atoms with van der Waals surface area (Å²) in [5, 5.41) is 0. The third-order valence-electron chi connectivity index (χ3n) is 16.8. The van der Waals surface area contributed by atoms with Crippen LogP contribution in [0.3, 0.4) is 0 Å². The second kappa shape index (κ2) is 20.3. The van der Waals surface area contributed by atoms with Gasteiger partial charge in [-0.25, -0.2) is 0 Å². The zero-order valence-electron chi connectivity index (χ0n) is 45.5. The molecule has 4 nitrogen and oxygen atoms in total. The minimum Gasteiger partial charge on any atom is -0.497 e. The van der Waals surface area contributed by atoms with Crippen molar-refractivity contribution in [1.29, 1.82) is 0 Å². The van der Waals surface area contributed by atoms with Gasteiger partial charge in [0.15, 0.2) is 0 Å². The van der Waals surface area contributed by atoms with Crippen LogP contribution in [0, 0.1) is 0 Å². The van der Waals surface area contributed by atoms with Crippen LogP contribution >= 0.6 is 0 Å². The first kappa shape index (κ1) is 49.2. The lowest BCUT2D eigenvalue weighted by molar-refractivity contribution is 0.415. The first-order valence-corrected chi connectivity index (χ1v) is 27.5. The molecule has 4 heteroatoms. The van der Waals surface area contributed by atoms with Crippen LogP contribution in [0.15, 0.2) is 267 Å². The molecule has 12 aromatic rings. The molecule has 1 spiro atoms.